The molecule has 0 radical (unpaired) electrons. The summed E-state index contributed by atoms with van der Waals surface area (Å²) in [4.78, 5) is 0. The second-order valence-corrected chi connectivity index (χ2v) is 4.83. The Bertz CT molecular complexity index is 520. The van der Waals surface area contributed by atoms with Crippen LogP contribution in [0.15, 0.2) is 36.7 Å². The Hall–Kier alpha value is -1.81. The molecular weight excluding hydrogens is 238 g/mol. The van der Waals surface area contributed by atoms with Crippen molar-refractivity contribution < 1.29 is 4.74 Å². The monoisotopic (exact) mass is 259 g/mol. The topological polar surface area (TPSA) is 53.1 Å². The number of aryl methyl sites for hydroxylation is 1. The van der Waals surface area contributed by atoms with Gasteiger partial charge in [0, 0.05) is 12.6 Å². The van der Waals surface area contributed by atoms with Gasteiger partial charge in [0.25, 0.3) is 0 Å². The molecule has 4 nitrogen and oxygen atoms in total. The fourth-order valence-electron chi connectivity index (χ4n) is 1.99. The quantitative estimate of drug-likeness (QED) is 0.867. The van der Waals surface area contributed by atoms with Crippen molar-refractivity contribution in [2.24, 2.45) is 5.73 Å². The van der Waals surface area contributed by atoms with E-state index in [4.69, 9.17) is 10.5 Å². The molecule has 4 heteroatoms. The zero-order chi connectivity index (χ0) is 13.7. The van der Waals surface area contributed by atoms with Gasteiger partial charge in [-0.05, 0) is 31.4 Å². The van der Waals surface area contributed by atoms with Gasteiger partial charge in [0.2, 0.25) is 0 Å². The predicted molar refractivity (Wildman–Crippen MR) is 76.4 cm³/mol. The molecule has 0 aliphatic heterocycles. The Morgan fingerprint density at radius 1 is 1.37 bits per heavy atom. The molecule has 0 saturated heterocycles. The van der Waals surface area contributed by atoms with Crippen LogP contribution in [0.3, 0.4) is 0 Å². The number of nitrogens with zero attached hydrogens (tertiary/aromatic N) is 2. The van der Waals surface area contributed by atoms with E-state index in [2.05, 4.69) is 18.1 Å². The zero-order valence-corrected chi connectivity index (χ0v) is 11.5. The van der Waals surface area contributed by atoms with Crippen molar-refractivity contribution in [1.82, 2.24) is 9.78 Å². The molecule has 0 bridgehead atoms. The number of aromatic nitrogens is 2. The third-order valence-electron chi connectivity index (χ3n) is 2.80. The van der Waals surface area contributed by atoms with Gasteiger partial charge in [-0.3, -0.25) is 4.68 Å². The summed E-state index contributed by atoms with van der Waals surface area (Å²) in [6, 6.07) is 8.11. The fraction of sp³-hybridized carbons (Fsp3) is 0.400. The van der Waals surface area contributed by atoms with Crippen molar-refractivity contribution in [3.05, 3.63) is 42.2 Å². The SMILES string of the molecule is CCCn1cc(Oc2ccccc2CC(C)N)cn1. The van der Waals surface area contributed by atoms with E-state index in [1.165, 1.54) is 0 Å². The lowest BCUT2D eigenvalue weighted by molar-refractivity contribution is 0.472. The van der Waals surface area contributed by atoms with Crippen LogP contribution in [0.25, 0.3) is 0 Å². The number of nitrogens with two attached hydrogens (primary N) is 1. The molecule has 0 saturated carbocycles. The maximum absolute atomic E-state index is 5.90. The molecular formula is C15H21N3O. The highest BCUT2D eigenvalue weighted by Gasteiger charge is 2.07. The number of rotatable bonds is 6. The Balaban J connectivity index is 2.13. The molecule has 1 heterocycles. The number of hydrogen-bond donors (Lipinski definition) is 1. The van der Waals surface area contributed by atoms with Crippen molar-refractivity contribution in [2.75, 3.05) is 0 Å². The van der Waals surface area contributed by atoms with Crippen LogP contribution in [0.5, 0.6) is 11.5 Å². The molecule has 102 valence electrons. The van der Waals surface area contributed by atoms with Crippen molar-refractivity contribution in [3.63, 3.8) is 0 Å². The molecule has 0 aliphatic carbocycles. The van der Waals surface area contributed by atoms with Crippen LogP contribution in [-0.2, 0) is 13.0 Å². The van der Waals surface area contributed by atoms with Crippen LogP contribution in [0.1, 0.15) is 25.8 Å². The third kappa shape index (κ3) is 3.83. The average Bonchev–Trinajstić information content (AvgIpc) is 2.79. The first-order valence-corrected chi connectivity index (χ1v) is 6.73. The summed E-state index contributed by atoms with van der Waals surface area (Å²) in [6.45, 7) is 5.03. The summed E-state index contributed by atoms with van der Waals surface area (Å²) in [7, 11) is 0. The van der Waals surface area contributed by atoms with Gasteiger partial charge in [-0.2, -0.15) is 5.10 Å². The van der Waals surface area contributed by atoms with E-state index in [9.17, 15) is 0 Å². The van der Waals surface area contributed by atoms with Crippen LogP contribution >= 0.6 is 0 Å². The van der Waals surface area contributed by atoms with Gasteiger partial charge in [-0.15, -0.1) is 0 Å². The van der Waals surface area contributed by atoms with Crippen molar-refractivity contribution in [1.29, 1.82) is 0 Å². The van der Waals surface area contributed by atoms with Gasteiger partial charge in [0.15, 0.2) is 5.75 Å². The number of para-hydroxylation sites is 1. The molecule has 2 N–H and O–H groups in total. The minimum absolute atomic E-state index is 0.118. The normalized spacial score (nSPS) is 12.4. The van der Waals surface area contributed by atoms with Gasteiger partial charge in [-0.1, -0.05) is 25.1 Å². The zero-order valence-electron chi connectivity index (χ0n) is 11.5. The maximum Gasteiger partial charge on any atom is 0.165 e. The second kappa shape index (κ2) is 6.38. The first kappa shape index (κ1) is 13.6. The summed E-state index contributed by atoms with van der Waals surface area (Å²) in [5, 5.41) is 4.26. The molecule has 1 atom stereocenters. The summed E-state index contributed by atoms with van der Waals surface area (Å²) in [5.41, 5.74) is 6.98. The molecule has 1 aromatic carbocycles. The van der Waals surface area contributed by atoms with Gasteiger partial charge < -0.3 is 10.5 Å². The van der Waals surface area contributed by atoms with Gasteiger partial charge in [0.1, 0.15) is 5.75 Å². The molecule has 0 spiro atoms. The Morgan fingerprint density at radius 3 is 2.89 bits per heavy atom. The van der Waals surface area contributed by atoms with Gasteiger partial charge in [0.05, 0.1) is 12.4 Å². The molecule has 2 aromatic rings. The summed E-state index contributed by atoms with van der Waals surface area (Å²) < 4.78 is 7.79. The highest BCUT2D eigenvalue weighted by atomic mass is 16.5. The Morgan fingerprint density at radius 2 is 2.16 bits per heavy atom. The van der Waals surface area contributed by atoms with E-state index in [0.717, 1.165) is 36.4 Å². The van der Waals surface area contributed by atoms with Gasteiger partial charge in [-0.25, -0.2) is 0 Å². The highest BCUT2D eigenvalue weighted by Crippen LogP contribution is 2.25. The lowest BCUT2D eigenvalue weighted by Gasteiger charge is -2.11. The van der Waals surface area contributed by atoms with E-state index in [0.29, 0.717) is 0 Å². The Kier molecular flexibility index (Phi) is 4.58. The summed E-state index contributed by atoms with van der Waals surface area (Å²) >= 11 is 0. The van der Waals surface area contributed by atoms with Crippen LogP contribution in [0, 0.1) is 0 Å². The van der Waals surface area contributed by atoms with Crippen LogP contribution in [-0.4, -0.2) is 15.8 Å². The number of benzene rings is 1. The first-order chi connectivity index (χ1) is 9.19. The van der Waals surface area contributed by atoms with Gasteiger partial charge >= 0.3 is 0 Å². The van der Waals surface area contributed by atoms with Crippen LogP contribution in [0.4, 0.5) is 0 Å². The maximum atomic E-state index is 5.90. The molecule has 2 rings (SSSR count). The first-order valence-electron chi connectivity index (χ1n) is 6.73. The highest BCUT2D eigenvalue weighted by molar-refractivity contribution is 5.37. The van der Waals surface area contributed by atoms with E-state index < -0.39 is 0 Å². The molecule has 19 heavy (non-hydrogen) atoms. The standard InChI is InChI=1S/C15H21N3O/c1-3-8-18-11-14(10-17-18)19-15-7-5-4-6-13(15)9-12(2)16/h4-7,10-12H,3,8-9,16H2,1-2H3. The van der Waals surface area contributed by atoms with Crippen molar-refractivity contribution >= 4 is 0 Å². The lowest BCUT2D eigenvalue weighted by atomic mass is 10.1. The van der Waals surface area contributed by atoms with Crippen LogP contribution in [0.2, 0.25) is 0 Å². The molecule has 1 aromatic heterocycles. The summed E-state index contributed by atoms with van der Waals surface area (Å²) in [5.74, 6) is 1.63. The second-order valence-electron chi connectivity index (χ2n) is 4.83. The molecule has 0 aliphatic rings. The van der Waals surface area contributed by atoms with E-state index in [1.54, 1.807) is 6.20 Å². The van der Waals surface area contributed by atoms with Crippen molar-refractivity contribution in [3.8, 4) is 11.5 Å². The fourth-order valence-corrected chi connectivity index (χ4v) is 1.99. The smallest absolute Gasteiger partial charge is 0.165 e. The minimum atomic E-state index is 0.118. The summed E-state index contributed by atoms with van der Waals surface area (Å²) in [6.07, 6.45) is 5.53. The molecule has 0 amide bonds. The van der Waals surface area contributed by atoms with Crippen LogP contribution < -0.4 is 10.5 Å². The largest absolute Gasteiger partial charge is 0.454 e. The van der Waals surface area contributed by atoms with Crippen molar-refractivity contribution in [2.45, 2.75) is 39.3 Å². The molecule has 1 unspecified atom stereocenters. The predicted octanol–water partition coefficient (Wildman–Crippen LogP) is 2.98. The van der Waals surface area contributed by atoms with E-state index >= 15 is 0 Å². The lowest BCUT2D eigenvalue weighted by Crippen LogP contribution is -2.18. The van der Waals surface area contributed by atoms with E-state index in [-0.39, 0.29) is 6.04 Å². The van der Waals surface area contributed by atoms with E-state index in [1.807, 2.05) is 36.0 Å². The molecule has 0 fully saturated rings. The minimum Gasteiger partial charge on any atom is -0.454 e. The average molecular weight is 259 g/mol. The number of ether oxygens (including phenoxy) is 1. The third-order valence-corrected chi connectivity index (χ3v) is 2.80. The number of hydrogen-bond acceptors (Lipinski definition) is 3. The Labute approximate surface area is 114 Å².